The van der Waals surface area contributed by atoms with Gasteiger partial charge < -0.3 is 10.2 Å². The van der Waals surface area contributed by atoms with Gasteiger partial charge in [0.05, 0.1) is 0 Å². The molecule has 0 heterocycles. The minimum absolute atomic E-state index is 0.00488. The monoisotopic (exact) mass is 228 g/mol. The van der Waals surface area contributed by atoms with Gasteiger partial charge >= 0.3 is 0 Å². The summed E-state index contributed by atoms with van der Waals surface area (Å²) in [5, 5.41) is 19.5. The number of phenolic OH excluding ortho intramolecular Hbond substituents is 1. The summed E-state index contributed by atoms with van der Waals surface area (Å²) in [5.41, 5.74) is 1.63. The number of aromatic hydroxyl groups is 1. The highest BCUT2D eigenvalue weighted by atomic mass is 35.5. The second-order valence-electron chi connectivity index (χ2n) is 4.17. The summed E-state index contributed by atoms with van der Waals surface area (Å²) >= 11 is 6.10. The molecule has 0 saturated carbocycles. The molecule has 3 heteroatoms. The van der Waals surface area contributed by atoms with Crippen molar-refractivity contribution < 1.29 is 10.2 Å². The van der Waals surface area contributed by atoms with Crippen LogP contribution in [0.5, 0.6) is 5.75 Å². The molecule has 0 bridgehead atoms. The molecule has 1 aromatic rings. The second-order valence-corrected chi connectivity index (χ2v) is 4.58. The van der Waals surface area contributed by atoms with Gasteiger partial charge in [0, 0.05) is 23.1 Å². The van der Waals surface area contributed by atoms with E-state index < -0.39 is 0 Å². The molecule has 0 aliphatic heterocycles. The van der Waals surface area contributed by atoms with Gasteiger partial charge in [0.2, 0.25) is 0 Å². The zero-order chi connectivity index (χ0) is 11.6. The Balaban J connectivity index is 3.19. The Kier molecular flexibility index (Phi) is 4.00. The maximum absolute atomic E-state index is 9.80. The lowest BCUT2D eigenvalue weighted by Crippen LogP contribution is -2.01. The third kappa shape index (κ3) is 2.64. The zero-order valence-electron chi connectivity index (χ0n) is 9.29. The maximum atomic E-state index is 9.80. The maximum Gasteiger partial charge on any atom is 0.119 e. The van der Waals surface area contributed by atoms with Gasteiger partial charge in [-0.2, -0.15) is 0 Å². The van der Waals surface area contributed by atoms with Gasteiger partial charge in [-0.25, -0.2) is 0 Å². The lowest BCUT2D eigenvalue weighted by atomic mass is 9.95. The fraction of sp³-hybridized carbons (Fsp3) is 0.500. The quantitative estimate of drug-likeness (QED) is 0.834. The van der Waals surface area contributed by atoms with Gasteiger partial charge in [-0.15, -0.1) is 0 Å². The summed E-state index contributed by atoms with van der Waals surface area (Å²) in [4.78, 5) is 0. The minimum atomic E-state index is -0.0938. The van der Waals surface area contributed by atoms with Crippen LogP contribution in [0.2, 0.25) is 5.02 Å². The molecular weight excluding hydrogens is 212 g/mol. The van der Waals surface area contributed by atoms with Crippen LogP contribution in [0.15, 0.2) is 12.1 Å². The van der Waals surface area contributed by atoms with Crippen LogP contribution in [0, 0.1) is 0 Å². The summed E-state index contributed by atoms with van der Waals surface area (Å²) in [6.07, 6.45) is 0. The Morgan fingerprint density at radius 3 is 2.27 bits per heavy atom. The molecule has 1 rings (SSSR count). The fourth-order valence-corrected chi connectivity index (χ4v) is 1.92. The van der Waals surface area contributed by atoms with E-state index in [1.165, 1.54) is 0 Å². The highest BCUT2D eigenvalue weighted by Gasteiger charge is 2.14. The van der Waals surface area contributed by atoms with Crippen LogP contribution >= 0.6 is 11.6 Å². The predicted molar refractivity (Wildman–Crippen MR) is 62.7 cm³/mol. The molecule has 0 radical (unpaired) electrons. The standard InChI is InChI=1S/C12H17ClO2/c1-7(2)9-5-12(15)10(4-11(9)13)8(3)6-14/h4-5,7-8,14-15H,6H2,1-3H3. The van der Waals surface area contributed by atoms with Crippen molar-refractivity contribution in [1.82, 2.24) is 0 Å². The van der Waals surface area contributed by atoms with Crippen LogP contribution in [-0.2, 0) is 0 Å². The molecule has 0 fully saturated rings. The normalized spacial score (nSPS) is 13.2. The van der Waals surface area contributed by atoms with Gasteiger partial charge in [0.25, 0.3) is 0 Å². The Morgan fingerprint density at radius 1 is 1.20 bits per heavy atom. The smallest absolute Gasteiger partial charge is 0.119 e. The lowest BCUT2D eigenvalue weighted by molar-refractivity contribution is 0.270. The molecule has 0 spiro atoms. The Morgan fingerprint density at radius 2 is 1.80 bits per heavy atom. The molecule has 84 valence electrons. The third-order valence-electron chi connectivity index (χ3n) is 2.57. The fourth-order valence-electron chi connectivity index (χ4n) is 1.53. The van der Waals surface area contributed by atoms with Crippen LogP contribution in [0.3, 0.4) is 0 Å². The first-order valence-corrected chi connectivity index (χ1v) is 5.48. The first-order valence-electron chi connectivity index (χ1n) is 5.10. The molecule has 15 heavy (non-hydrogen) atoms. The van der Waals surface area contributed by atoms with E-state index in [0.717, 1.165) is 5.56 Å². The van der Waals surface area contributed by atoms with Gasteiger partial charge in [-0.1, -0.05) is 32.4 Å². The van der Waals surface area contributed by atoms with Crippen molar-refractivity contribution in [1.29, 1.82) is 0 Å². The van der Waals surface area contributed by atoms with E-state index in [2.05, 4.69) is 0 Å². The highest BCUT2D eigenvalue weighted by Crippen LogP contribution is 2.34. The second kappa shape index (κ2) is 4.86. The average Bonchev–Trinajstić information content (AvgIpc) is 2.19. The van der Waals surface area contributed by atoms with Crippen LogP contribution in [-0.4, -0.2) is 16.8 Å². The van der Waals surface area contributed by atoms with Crippen molar-refractivity contribution in [2.75, 3.05) is 6.61 Å². The van der Waals surface area contributed by atoms with Gasteiger partial charge in [-0.3, -0.25) is 0 Å². The number of phenols is 1. The topological polar surface area (TPSA) is 40.5 Å². The number of hydrogen-bond donors (Lipinski definition) is 2. The molecule has 0 aliphatic rings. The van der Waals surface area contributed by atoms with Crippen LogP contribution in [0.1, 0.15) is 43.7 Å². The van der Waals surface area contributed by atoms with Crippen molar-refractivity contribution in [2.24, 2.45) is 0 Å². The number of aliphatic hydroxyl groups excluding tert-OH is 1. The lowest BCUT2D eigenvalue weighted by Gasteiger charge is -2.15. The Bertz CT molecular complexity index is 348. The zero-order valence-corrected chi connectivity index (χ0v) is 10.0. The number of benzene rings is 1. The highest BCUT2D eigenvalue weighted by molar-refractivity contribution is 6.31. The van der Waals surface area contributed by atoms with E-state index >= 15 is 0 Å². The summed E-state index contributed by atoms with van der Waals surface area (Å²) < 4.78 is 0. The summed E-state index contributed by atoms with van der Waals surface area (Å²) in [7, 11) is 0. The Hall–Kier alpha value is -0.730. The molecule has 0 amide bonds. The van der Waals surface area contributed by atoms with Crippen molar-refractivity contribution in [3.8, 4) is 5.75 Å². The van der Waals surface area contributed by atoms with E-state index in [1.54, 1.807) is 12.1 Å². The van der Waals surface area contributed by atoms with Gasteiger partial charge in [0.1, 0.15) is 5.75 Å². The molecule has 0 aliphatic carbocycles. The average molecular weight is 229 g/mol. The van der Waals surface area contributed by atoms with Crippen molar-refractivity contribution >= 4 is 11.6 Å². The van der Waals surface area contributed by atoms with E-state index in [1.807, 2.05) is 20.8 Å². The van der Waals surface area contributed by atoms with Gasteiger partial charge in [0.15, 0.2) is 0 Å². The molecule has 1 atom stereocenters. The van der Waals surface area contributed by atoms with Crippen molar-refractivity contribution in [3.63, 3.8) is 0 Å². The van der Waals surface area contributed by atoms with Crippen molar-refractivity contribution in [3.05, 3.63) is 28.3 Å². The SMILES string of the molecule is CC(C)c1cc(O)c(C(C)CO)cc1Cl. The van der Waals surface area contributed by atoms with E-state index in [-0.39, 0.29) is 24.2 Å². The Labute approximate surface area is 95.5 Å². The number of aliphatic hydroxyl groups is 1. The molecular formula is C12H17ClO2. The molecule has 1 unspecified atom stereocenters. The first-order chi connectivity index (χ1) is 6.97. The molecule has 1 aromatic carbocycles. The molecule has 2 nitrogen and oxygen atoms in total. The van der Waals surface area contributed by atoms with Gasteiger partial charge in [-0.05, 0) is 23.6 Å². The first kappa shape index (κ1) is 12.3. The van der Waals surface area contributed by atoms with Crippen LogP contribution in [0.25, 0.3) is 0 Å². The number of hydrogen-bond acceptors (Lipinski definition) is 2. The molecule has 0 aromatic heterocycles. The van der Waals surface area contributed by atoms with Crippen LogP contribution in [0.4, 0.5) is 0 Å². The number of rotatable bonds is 3. The van der Waals surface area contributed by atoms with Crippen LogP contribution < -0.4 is 0 Å². The molecule has 2 N–H and O–H groups in total. The number of halogens is 1. The van der Waals surface area contributed by atoms with E-state index in [0.29, 0.717) is 10.6 Å². The summed E-state index contributed by atoms with van der Waals surface area (Å²) in [6, 6.07) is 3.43. The van der Waals surface area contributed by atoms with E-state index in [9.17, 15) is 5.11 Å². The van der Waals surface area contributed by atoms with E-state index in [4.69, 9.17) is 16.7 Å². The minimum Gasteiger partial charge on any atom is -0.508 e. The molecule has 0 saturated heterocycles. The third-order valence-corrected chi connectivity index (χ3v) is 2.90. The largest absolute Gasteiger partial charge is 0.508 e. The summed E-state index contributed by atoms with van der Waals surface area (Å²) in [6.45, 7) is 5.90. The predicted octanol–water partition coefficient (Wildman–Crippen LogP) is 3.26. The van der Waals surface area contributed by atoms with Crippen molar-refractivity contribution in [2.45, 2.75) is 32.6 Å². The summed E-state index contributed by atoms with van der Waals surface area (Å²) in [5.74, 6) is 0.398.